The van der Waals surface area contributed by atoms with Gasteiger partial charge >= 0.3 is 0 Å². The van der Waals surface area contributed by atoms with E-state index in [-0.39, 0.29) is 11.7 Å². The Morgan fingerprint density at radius 1 is 1.20 bits per heavy atom. The summed E-state index contributed by atoms with van der Waals surface area (Å²) in [5.41, 5.74) is 2.63. The Morgan fingerprint density at radius 3 is 2.40 bits per heavy atom. The first-order chi connectivity index (χ1) is 9.39. The average molecular weight is 275 g/mol. The monoisotopic (exact) mass is 275 g/mol. The predicted molar refractivity (Wildman–Crippen MR) is 85.1 cm³/mol. The van der Waals surface area contributed by atoms with Crippen molar-refractivity contribution in [2.24, 2.45) is 5.92 Å². The van der Waals surface area contributed by atoms with Crippen molar-refractivity contribution in [3.63, 3.8) is 0 Å². The topological polar surface area (TPSA) is 21.3 Å². The molecule has 1 saturated heterocycles. The lowest BCUT2D eigenvalue weighted by Gasteiger charge is -2.40. The van der Waals surface area contributed by atoms with Gasteiger partial charge in [0.25, 0.3) is 0 Å². The van der Waals surface area contributed by atoms with Gasteiger partial charge in [0, 0.05) is 13.1 Å². The Kier molecular flexibility index (Phi) is 4.87. The third-order valence-electron chi connectivity index (χ3n) is 4.07. The summed E-state index contributed by atoms with van der Waals surface area (Å²) >= 11 is 0. The fourth-order valence-corrected chi connectivity index (χ4v) is 3.16. The van der Waals surface area contributed by atoms with Crippen molar-refractivity contribution in [3.8, 4) is 0 Å². The molecule has 1 N–H and O–H groups in total. The van der Waals surface area contributed by atoms with Crippen molar-refractivity contribution in [1.29, 1.82) is 0 Å². The average Bonchev–Trinajstić information content (AvgIpc) is 2.37. The van der Waals surface area contributed by atoms with Crippen LogP contribution in [0.5, 0.6) is 0 Å². The molecule has 1 heterocycles. The third-order valence-corrected chi connectivity index (χ3v) is 4.07. The number of rotatable bonds is 4. The van der Waals surface area contributed by atoms with Gasteiger partial charge in [-0.15, -0.1) is 0 Å². The van der Waals surface area contributed by atoms with Crippen LogP contribution < -0.4 is 5.32 Å². The van der Waals surface area contributed by atoms with E-state index < -0.39 is 0 Å². The second-order valence-corrected chi connectivity index (χ2v) is 7.11. The van der Waals surface area contributed by atoms with Gasteiger partial charge in [0.05, 0.1) is 11.7 Å². The molecule has 2 unspecified atom stereocenters. The zero-order valence-electron chi connectivity index (χ0n) is 13.6. The number of morpholine rings is 1. The Hall–Kier alpha value is -0.860. The van der Waals surface area contributed by atoms with Crippen molar-refractivity contribution in [2.75, 3.05) is 13.1 Å². The zero-order chi connectivity index (χ0) is 14.8. The van der Waals surface area contributed by atoms with Crippen molar-refractivity contribution >= 4 is 0 Å². The minimum absolute atomic E-state index is 0.0478. The van der Waals surface area contributed by atoms with E-state index in [0.29, 0.717) is 11.8 Å². The van der Waals surface area contributed by atoms with Gasteiger partial charge in [-0.2, -0.15) is 0 Å². The maximum Gasteiger partial charge on any atom is 0.0957 e. The van der Waals surface area contributed by atoms with Crippen molar-refractivity contribution in [1.82, 2.24) is 5.32 Å². The van der Waals surface area contributed by atoms with Gasteiger partial charge in [-0.05, 0) is 36.3 Å². The summed E-state index contributed by atoms with van der Waals surface area (Å²) in [4.78, 5) is 0. The van der Waals surface area contributed by atoms with Gasteiger partial charge in [-0.25, -0.2) is 0 Å². The molecule has 1 aromatic carbocycles. The van der Waals surface area contributed by atoms with Crippen LogP contribution in [0.25, 0.3) is 0 Å². The second-order valence-electron chi connectivity index (χ2n) is 7.11. The van der Waals surface area contributed by atoms with Crippen molar-refractivity contribution < 1.29 is 4.74 Å². The van der Waals surface area contributed by atoms with Crippen molar-refractivity contribution in [3.05, 3.63) is 35.4 Å². The lowest BCUT2D eigenvalue weighted by Crippen LogP contribution is -2.49. The first-order valence-electron chi connectivity index (χ1n) is 7.88. The maximum atomic E-state index is 6.41. The van der Waals surface area contributed by atoms with Crippen LogP contribution in [0.2, 0.25) is 0 Å². The fraction of sp³-hybridized carbons (Fsp3) is 0.667. The molecule has 1 aliphatic rings. The molecular formula is C18H29NO. The molecule has 0 amide bonds. The van der Waals surface area contributed by atoms with Crippen LogP contribution in [0.4, 0.5) is 0 Å². The van der Waals surface area contributed by atoms with Crippen LogP contribution in [-0.2, 0) is 4.74 Å². The lowest BCUT2D eigenvalue weighted by atomic mass is 9.91. The molecule has 2 atom stereocenters. The molecule has 0 aliphatic carbocycles. The van der Waals surface area contributed by atoms with E-state index in [2.05, 4.69) is 64.2 Å². The predicted octanol–water partition coefficient (Wildman–Crippen LogP) is 4.28. The van der Waals surface area contributed by atoms with E-state index in [9.17, 15) is 0 Å². The second kappa shape index (κ2) is 6.28. The summed E-state index contributed by atoms with van der Waals surface area (Å²) < 4.78 is 6.41. The van der Waals surface area contributed by atoms with Crippen LogP contribution in [0.15, 0.2) is 24.3 Å². The molecule has 0 bridgehead atoms. The molecule has 1 aliphatic heterocycles. The van der Waals surface area contributed by atoms with Gasteiger partial charge in [-0.1, -0.05) is 52.0 Å². The molecule has 1 aromatic rings. The summed E-state index contributed by atoms with van der Waals surface area (Å²) in [6.07, 6.45) is 1.27. The molecule has 0 saturated carbocycles. The SMILES string of the molecule is CC(C)CC1(C)CNCC(c2ccc(C(C)C)cc2)O1. The molecule has 2 nitrogen and oxygen atoms in total. The van der Waals surface area contributed by atoms with Gasteiger partial charge in [0.15, 0.2) is 0 Å². The molecule has 0 radical (unpaired) electrons. The highest BCUT2D eigenvalue weighted by atomic mass is 16.5. The lowest BCUT2D eigenvalue weighted by molar-refractivity contribution is -0.117. The van der Waals surface area contributed by atoms with Gasteiger partial charge in [-0.3, -0.25) is 0 Å². The fourth-order valence-electron chi connectivity index (χ4n) is 3.16. The van der Waals surface area contributed by atoms with Crippen LogP contribution in [0, 0.1) is 5.92 Å². The number of benzene rings is 1. The minimum atomic E-state index is -0.0478. The molecular weight excluding hydrogens is 246 g/mol. The maximum absolute atomic E-state index is 6.41. The number of hydrogen-bond acceptors (Lipinski definition) is 2. The van der Waals surface area contributed by atoms with Gasteiger partial charge in [0.2, 0.25) is 0 Å². The third kappa shape index (κ3) is 3.83. The zero-order valence-corrected chi connectivity index (χ0v) is 13.6. The minimum Gasteiger partial charge on any atom is -0.365 e. The van der Waals surface area contributed by atoms with Crippen LogP contribution in [0.3, 0.4) is 0 Å². The number of hydrogen-bond donors (Lipinski definition) is 1. The molecule has 112 valence electrons. The smallest absolute Gasteiger partial charge is 0.0957 e. The Balaban J connectivity index is 2.08. The molecule has 0 spiro atoms. The van der Waals surface area contributed by atoms with Crippen LogP contribution >= 0.6 is 0 Å². The van der Waals surface area contributed by atoms with Crippen LogP contribution in [0.1, 0.15) is 64.2 Å². The van der Waals surface area contributed by atoms with E-state index >= 15 is 0 Å². The Labute approximate surface area is 123 Å². The molecule has 2 heteroatoms. The van der Waals surface area contributed by atoms with Crippen LogP contribution in [-0.4, -0.2) is 18.7 Å². The van der Waals surface area contributed by atoms with E-state index in [1.807, 2.05) is 0 Å². The summed E-state index contributed by atoms with van der Waals surface area (Å²) in [6, 6.07) is 8.92. The van der Waals surface area contributed by atoms with E-state index in [4.69, 9.17) is 4.74 Å². The molecule has 0 aromatic heterocycles. The summed E-state index contributed by atoms with van der Waals surface area (Å²) in [7, 11) is 0. The highest BCUT2D eigenvalue weighted by molar-refractivity contribution is 5.26. The van der Waals surface area contributed by atoms with Gasteiger partial charge < -0.3 is 10.1 Å². The highest BCUT2D eigenvalue weighted by Crippen LogP contribution is 2.32. The number of nitrogens with one attached hydrogen (secondary N) is 1. The number of ether oxygens (including phenoxy) is 1. The standard InChI is InChI=1S/C18H29NO/c1-13(2)10-18(5)12-19-11-17(20-18)16-8-6-15(7-9-16)14(3)4/h6-9,13-14,17,19H,10-12H2,1-5H3. The van der Waals surface area contributed by atoms with Gasteiger partial charge in [0.1, 0.15) is 0 Å². The Morgan fingerprint density at radius 2 is 1.85 bits per heavy atom. The Bertz CT molecular complexity index is 424. The van der Waals surface area contributed by atoms with E-state index in [0.717, 1.165) is 19.5 Å². The quantitative estimate of drug-likeness (QED) is 0.885. The summed E-state index contributed by atoms with van der Waals surface area (Å²) in [5, 5.41) is 3.54. The molecule has 20 heavy (non-hydrogen) atoms. The summed E-state index contributed by atoms with van der Waals surface area (Å²) in [6.45, 7) is 13.1. The first-order valence-corrected chi connectivity index (χ1v) is 7.88. The molecule has 1 fully saturated rings. The van der Waals surface area contributed by atoms with E-state index in [1.165, 1.54) is 11.1 Å². The molecule has 2 rings (SSSR count). The first kappa shape index (κ1) is 15.5. The summed E-state index contributed by atoms with van der Waals surface area (Å²) in [5.74, 6) is 1.24. The highest BCUT2D eigenvalue weighted by Gasteiger charge is 2.33. The normalized spacial score (nSPS) is 27.2. The van der Waals surface area contributed by atoms with Crippen molar-refractivity contribution in [2.45, 2.75) is 58.7 Å². The van der Waals surface area contributed by atoms with E-state index in [1.54, 1.807) is 0 Å². The largest absolute Gasteiger partial charge is 0.365 e.